The van der Waals surface area contributed by atoms with Gasteiger partial charge in [-0.2, -0.15) is 0 Å². The van der Waals surface area contributed by atoms with E-state index in [2.05, 4.69) is 10.6 Å². The average Bonchev–Trinajstić information content (AvgIpc) is 2.78. The van der Waals surface area contributed by atoms with Crippen molar-refractivity contribution in [3.8, 4) is 5.75 Å². The zero-order valence-electron chi connectivity index (χ0n) is 16.8. The van der Waals surface area contributed by atoms with Crippen LogP contribution in [0.4, 0.5) is 11.4 Å². The van der Waals surface area contributed by atoms with Gasteiger partial charge in [0.15, 0.2) is 0 Å². The highest BCUT2D eigenvalue weighted by Crippen LogP contribution is 2.22. The number of methoxy groups -OCH3 is 2. The maximum atomic E-state index is 12.6. The molecule has 7 nitrogen and oxygen atoms in total. The minimum absolute atomic E-state index is 0.168. The van der Waals surface area contributed by atoms with Gasteiger partial charge in [-0.3, -0.25) is 9.59 Å². The Labute approximate surface area is 183 Å². The Morgan fingerprint density at radius 1 is 0.710 bits per heavy atom. The van der Waals surface area contributed by atoms with E-state index in [-0.39, 0.29) is 11.5 Å². The number of halogens is 1. The second-order valence-corrected chi connectivity index (χ2v) is 6.87. The third kappa shape index (κ3) is 5.61. The summed E-state index contributed by atoms with van der Waals surface area (Å²) in [6, 6.07) is 17.4. The molecular weight excluding hydrogens is 420 g/mol. The van der Waals surface area contributed by atoms with Gasteiger partial charge in [-0.25, -0.2) is 4.79 Å². The van der Waals surface area contributed by atoms with Crippen molar-refractivity contribution in [1.82, 2.24) is 0 Å². The topological polar surface area (TPSA) is 93.7 Å². The number of ether oxygens (including phenoxy) is 2. The summed E-state index contributed by atoms with van der Waals surface area (Å²) in [5.41, 5.74) is 1.58. The number of anilines is 2. The summed E-state index contributed by atoms with van der Waals surface area (Å²) < 4.78 is 9.86. The third-order valence-corrected chi connectivity index (χ3v) is 4.58. The predicted molar refractivity (Wildman–Crippen MR) is 118 cm³/mol. The predicted octanol–water partition coefficient (Wildman–Crippen LogP) is 4.64. The van der Waals surface area contributed by atoms with Gasteiger partial charge in [0.05, 0.1) is 19.8 Å². The summed E-state index contributed by atoms with van der Waals surface area (Å²) in [6.45, 7) is 0. The van der Waals surface area contributed by atoms with Gasteiger partial charge in [0, 0.05) is 27.5 Å². The highest BCUT2D eigenvalue weighted by molar-refractivity contribution is 6.30. The van der Waals surface area contributed by atoms with E-state index >= 15 is 0 Å². The molecule has 0 fully saturated rings. The average molecular weight is 439 g/mol. The second kappa shape index (κ2) is 9.77. The Balaban J connectivity index is 1.85. The van der Waals surface area contributed by atoms with Gasteiger partial charge in [0.25, 0.3) is 11.8 Å². The smallest absolute Gasteiger partial charge is 0.337 e. The van der Waals surface area contributed by atoms with E-state index in [1.807, 2.05) is 0 Å². The van der Waals surface area contributed by atoms with E-state index in [1.165, 1.54) is 26.4 Å². The van der Waals surface area contributed by atoms with Crippen molar-refractivity contribution >= 4 is 40.8 Å². The van der Waals surface area contributed by atoms with Crippen LogP contribution in [-0.4, -0.2) is 32.0 Å². The zero-order valence-corrected chi connectivity index (χ0v) is 17.5. The third-order valence-electron chi connectivity index (χ3n) is 4.33. The van der Waals surface area contributed by atoms with Gasteiger partial charge in [0.1, 0.15) is 5.75 Å². The molecule has 0 atom stereocenters. The standard InChI is InChI=1S/C23H19ClN2O5/c1-30-20-9-5-15(6-10-20)22(28)26-19-12-16(23(29)31-2)11-18(13-19)25-21(27)14-3-7-17(24)8-4-14/h3-13H,1-2H3,(H,25,27)(H,26,28). The summed E-state index contributed by atoms with van der Waals surface area (Å²) in [6.07, 6.45) is 0. The number of esters is 1. The molecule has 0 aliphatic carbocycles. The van der Waals surface area contributed by atoms with Crippen molar-refractivity contribution in [2.45, 2.75) is 0 Å². The maximum absolute atomic E-state index is 12.6. The van der Waals surface area contributed by atoms with Crippen LogP contribution in [0.25, 0.3) is 0 Å². The first-order valence-corrected chi connectivity index (χ1v) is 9.53. The van der Waals surface area contributed by atoms with Gasteiger partial charge in [-0.05, 0) is 66.7 Å². The van der Waals surface area contributed by atoms with Crippen molar-refractivity contribution in [2.24, 2.45) is 0 Å². The van der Waals surface area contributed by atoms with Gasteiger partial charge in [-0.15, -0.1) is 0 Å². The second-order valence-electron chi connectivity index (χ2n) is 6.43. The molecule has 3 aromatic rings. The molecule has 0 unspecified atom stereocenters. The molecule has 0 aliphatic rings. The molecule has 0 saturated heterocycles. The SMILES string of the molecule is COC(=O)c1cc(NC(=O)c2ccc(Cl)cc2)cc(NC(=O)c2ccc(OC)cc2)c1. The normalized spacial score (nSPS) is 10.2. The minimum atomic E-state index is -0.609. The number of hydrogen-bond acceptors (Lipinski definition) is 5. The van der Waals surface area contributed by atoms with E-state index in [1.54, 1.807) is 54.6 Å². The van der Waals surface area contributed by atoms with Gasteiger partial charge < -0.3 is 20.1 Å². The molecule has 2 N–H and O–H groups in total. The number of hydrogen-bond donors (Lipinski definition) is 2. The van der Waals surface area contributed by atoms with E-state index in [4.69, 9.17) is 21.1 Å². The van der Waals surface area contributed by atoms with Gasteiger partial charge >= 0.3 is 5.97 Å². The number of nitrogens with one attached hydrogen (secondary N) is 2. The molecule has 0 spiro atoms. The first-order valence-electron chi connectivity index (χ1n) is 9.15. The highest BCUT2D eigenvalue weighted by atomic mass is 35.5. The van der Waals surface area contributed by atoms with Gasteiger partial charge in [-0.1, -0.05) is 11.6 Å². The zero-order chi connectivity index (χ0) is 22.4. The molecule has 0 saturated carbocycles. The fourth-order valence-electron chi connectivity index (χ4n) is 2.76. The van der Waals surface area contributed by atoms with Crippen LogP contribution in [0.3, 0.4) is 0 Å². The van der Waals surface area contributed by atoms with Crippen molar-refractivity contribution in [1.29, 1.82) is 0 Å². The van der Waals surface area contributed by atoms with E-state index in [0.717, 1.165) is 0 Å². The molecule has 0 aliphatic heterocycles. The lowest BCUT2D eigenvalue weighted by Gasteiger charge is -2.12. The van der Waals surface area contributed by atoms with E-state index in [0.29, 0.717) is 33.3 Å². The summed E-state index contributed by atoms with van der Waals surface area (Å²) >= 11 is 5.85. The number of benzene rings is 3. The molecule has 0 heterocycles. The summed E-state index contributed by atoms with van der Waals surface area (Å²) in [4.78, 5) is 37.2. The molecular formula is C23H19ClN2O5. The highest BCUT2D eigenvalue weighted by Gasteiger charge is 2.14. The molecule has 158 valence electrons. The number of carbonyl (C=O) groups excluding carboxylic acids is 3. The van der Waals surface area contributed by atoms with Crippen LogP contribution < -0.4 is 15.4 Å². The molecule has 3 aromatic carbocycles. The monoisotopic (exact) mass is 438 g/mol. The lowest BCUT2D eigenvalue weighted by Crippen LogP contribution is -2.15. The van der Waals surface area contributed by atoms with Crippen LogP contribution in [0.5, 0.6) is 5.75 Å². The molecule has 0 radical (unpaired) electrons. The number of amides is 2. The van der Waals surface area contributed by atoms with Crippen molar-refractivity contribution in [3.05, 3.63) is 88.4 Å². The lowest BCUT2D eigenvalue weighted by atomic mass is 10.1. The maximum Gasteiger partial charge on any atom is 0.337 e. The molecule has 0 bridgehead atoms. The Morgan fingerprint density at radius 2 is 1.19 bits per heavy atom. The molecule has 2 amide bonds. The van der Waals surface area contributed by atoms with Crippen molar-refractivity contribution in [3.63, 3.8) is 0 Å². The fourth-order valence-corrected chi connectivity index (χ4v) is 2.88. The first kappa shape index (κ1) is 21.9. The quantitative estimate of drug-likeness (QED) is 0.547. The number of rotatable bonds is 6. The molecule has 3 rings (SSSR count). The van der Waals surface area contributed by atoms with E-state index < -0.39 is 11.9 Å². The van der Waals surface area contributed by atoms with Gasteiger partial charge in [0.2, 0.25) is 0 Å². The van der Waals surface area contributed by atoms with Crippen LogP contribution in [0.2, 0.25) is 5.02 Å². The Hall–Kier alpha value is -3.84. The summed E-state index contributed by atoms with van der Waals surface area (Å²) in [7, 11) is 2.78. The Bertz CT molecular complexity index is 1110. The van der Waals surface area contributed by atoms with Crippen LogP contribution in [0.1, 0.15) is 31.1 Å². The van der Waals surface area contributed by atoms with Crippen LogP contribution in [0, 0.1) is 0 Å². The summed E-state index contributed by atoms with van der Waals surface area (Å²) in [5, 5.41) is 5.93. The van der Waals surface area contributed by atoms with Crippen LogP contribution in [0.15, 0.2) is 66.7 Å². The number of carbonyl (C=O) groups is 3. The first-order chi connectivity index (χ1) is 14.9. The Kier molecular flexibility index (Phi) is 6.89. The summed E-state index contributed by atoms with van der Waals surface area (Å²) in [5.74, 6) is -0.773. The molecule has 0 aromatic heterocycles. The van der Waals surface area contributed by atoms with Crippen molar-refractivity contribution < 1.29 is 23.9 Å². The molecule has 31 heavy (non-hydrogen) atoms. The fraction of sp³-hybridized carbons (Fsp3) is 0.0870. The largest absolute Gasteiger partial charge is 0.497 e. The molecule has 8 heteroatoms. The lowest BCUT2D eigenvalue weighted by molar-refractivity contribution is 0.0600. The van der Waals surface area contributed by atoms with Crippen LogP contribution >= 0.6 is 11.6 Å². The minimum Gasteiger partial charge on any atom is -0.497 e. The van der Waals surface area contributed by atoms with Crippen LogP contribution in [-0.2, 0) is 4.74 Å². The van der Waals surface area contributed by atoms with Crippen molar-refractivity contribution in [2.75, 3.05) is 24.9 Å². The Morgan fingerprint density at radius 3 is 1.65 bits per heavy atom. The van der Waals surface area contributed by atoms with E-state index in [9.17, 15) is 14.4 Å².